The molecule has 22 heavy (non-hydrogen) atoms. The van der Waals surface area contributed by atoms with E-state index in [-0.39, 0.29) is 22.3 Å². The van der Waals surface area contributed by atoms with Crippen LogP contribution in [0.3, 0.4) is 0 Å². The molecule has 0 spiro atoms. The molecule has 1 rings (SSSR count). The fourth-order valence-corrected chi connectivity index (χ4v) is 3.08. The summed E-state index contributed by atoms with van der Waals surface area (Å²) in [6.45, 7) is 8.44. The molecule has 124 valence electrons. The number of carbonyl (C=O) groups is 1. The smallest absolute Gasteiger partial charge is 0.255 e. The average Bonchev–Trinajstić information content (AvgIpc) is 2.45. The van der Waals surface area contributed by atoms with Gasteiger partial charge in [0.2, 0.25) is 10.0 Å². The summed E-state index contributed by atoms with van der Waals surface area (Å²) in [5.41, 5.74) is 0.752. The van der Waals surface area contributed by atoms with Gasteiger partial charge in [0.1, 0.15) is 5.75 Å². The molecule has 1 aromatic carbocycles. The van der Waals surface area contributed by atoms with Gasteiger partial charge in [0, 0.05) is 19.2 Å². The van der Waals surface area contributed by atoms with Crippen LogP contribution in [0.4, 0.5) is 0 Å². The third-order valence-corrected chi connectivity index (χ3v) is 4.47. The molecule has 0 atom stereocenters. The summed E-state index contributed by atoms with van der Waals surface area (Å²) >= 11 is 0. The normalized spacial score (nSPS) is 11.6. The van der Waals surface area contributed by atoms with Crippen molar-refractivity contribution in [2.75, 3.05) is 20.2 Å². The zero-order valence-electron chi connectivity index (χ0n) is 13.7. The molecule has 0 aliphatic carbocycles. The Labute approximate surface area is 132 Å². The molecule has 7 heteroatoms. The monoisotopic (exact) mass is 330 g/mol. The maximum absolute atomic E-state index is 12.8. The van der Waals surface area contributed by atoms with Crippen LogP contribution in [0.15, 0.2) is 17.0 Å². The number of benzene rings is 1. The van der Waals surface area contributed by atoms with Gasteiger partial charge in [0.05, 0.1) is 17.6 Å². The van der Waals surface area contributed by atoms with Crippen molar-refractivity contribution in [1.82, 2.24) is 4.90 Å². The molecule has 0 heterocycles. The Kier molecular flexibility index (Phi) is 5.96. The molecule has 0 aliphatic rings. The van der Waals surface area contributed by atoms with Crippen molar-refractivity contribution in [2.45, 2.75) is 38.5 Å². The van der Waals surface area contributed by atoms with E-state index in [1.165, 1.54) is 13.2 Å². The number of nitrogens with two attached hydrogens (primary N) is 1. The van der Waals surface area contributed by atoms with Crippen LogP contribution in [-0.2, 0) is 10.0 Å². The van der Waals surface area contributed by atoms with Crippen molar-refractivity contribution in [3.63, 3.8) is 0 Å². The number of nitrogens with zero attached hydrogens (tertiary/aromatic N) is 1. The predicted molar refractivity (Wildman–Crippen MR) is 85.7 cm³/mol. The van der Waals surface area contributed by atoms with E-state index in [9.17, 15) is 13.2 Å². The Morgan fingerprint density at radius 1 is 1.27 bits per heavy atom. The highest BCUT2D eigenvalue weighted by Crippen LogP contribution is 2.31. The maximum Gasteiger partial charge on any atom is 0.255 e. The molecule has 0 fully saturated rings. The van der Waals surface area contributed by atoms with Crippen LogP contribution in [0.25, 0.3) is 0 Å². The summed E-state index contributed by atoms with van der Waals surface area (Å²) in [5.74, 6) is -0.0192. The number of carbonyl (C=O) groups excluding carboxylic acids is 1. The van der Waals surface area contributed by atoms with E-state index in [1.807, 2.05) is 27.7 Å². The fourth-order valence-electron chi connectivity index (χ4n) is 2.31. The number of methoxy groups -OCH3 is 1. The lowest BCUT2D eigenvalue weighted by Crippen LogP contribution is -2.33. The second-order valence-electron chi connectivity index (χ2n) is 5.27. The van der Waals surface area contributed by atoms with Gasteiger partial charge in [-0.15, -0.1) is 0 Å². The van der Waals surface area contributed by atoms with Gasteiger partial charge in [-0.1, -0.05) is 13.8 Å². The Morgan fingerprint density at radius 3 is 2.18 bits per heavy atom. The molecule has 0 saturated carbocycles. The lowest BCUT2D eigenvalue weighted by atomic mass is 10.0. The zero-order chi connectivity index (χ0) is 17.1. The van der Waals surface area contributed by atoms with Gasteiger partial charge in [-0.2, -0.15) is 0 Å². The fraction of sp³-hybridized carbons (Fsp3) is 0.533. The summed E-state index contributed by atoms with van der Waals surface area (Å²) in [6, 6.07) is 2.99. The number of hydrogen-bond acceptors (Lipinski definition) is 4. The van der Waals surface area contributed by atoms with E-state index in [0.29, 0.717) is 24.4 Å². The molecule has 0 bridgehead atoms. The first-order valence-corrected chi connectivity index (χ1v) is 8.75. The number of sulfonamides is 1. The van der Waals surface area contributed by atoms with Crippen LogP contribution < -0.4 is 9.88 Å². The standard InChI is InChI=1S/C15H24N2O4S/c1-6-17(7-2)15(18)14-12(10(3)4)8-11(21-5)9-13(14)22(16,19)20/h8-10H,6-7H2,1-5H3,(H2,16,19,20)/i15+2. The molecule has 0 saturated heterocycles. The van der Waals surface area contributed by atoms with E-state index in [1.54, 1.807) is 11.0 Å². The minimum absolute atomic E-state index is 0.0508. The minimum atomic E-state index is -4.04. The summed E-state index contributed by atoms with van der Waals surface area (Å²) in [5, 5.41) is 5.32. The molecule has 0 aliphatic heterocycles. The molecular weight excluding hydrogens is 306 g/mol. The Hall–Kier alpha value is -1.60. The number of amides is 1. The van der Waals surface area contributed by atoms with Gasteiger partial charge >= 0.3 is 0 Å². The van der Waals surface area contributed by atoms with E-state index in [2.05, 4.69) is 0 Å². The van der Waals surface area contributed by atoms with Crippen LogP contribution in [0.1, 0.15) is 49.5 Å². The third kappa shape index (κ3) is 3.78. The van der Waals surface area contributed by atoms with Gasteiger partial charge in [-0.25, -0.2) is 13.6 Å². The maximum atomic E-state index is 12.8. The summed E-state index contributed by atoms with van der Waals surface area (Å²) in [7, 11) is -2.60. The Bertz CT molecular complexity index is 650. The van der Waals surface area contributed by atoms with Crippen LogP contribution in [0.5, 0.6) is 5.75 Å². The summed E-state index contributed by atoms with van der Waals surface area (Å²) in [6.07, 6.45) is 0. The number of primary sulfonamides is 1. The SMILES string of the molecule is CCN(CC)[14C](=O)c1c(C(C)C)cc(OC)cc1S(N)(=O)=O. The quantitative estimate of drug-likeness (QED) is 0.863. The van der Waals surface area contributed by atoms with Gasteiger partial charge < -0.3 is 9.64 Å². The first-order valence-electron chi connectivity index (χ1n) is 7.21. The first kappa shape index (κ1) is 18.4. The van der Waals surface area contributed by atoms with E-state index in [0.717, 1.165) is 0 Å². The van der Waals surface area contributed by atoms with E-state index >= 15 is 0 Å². The highest BCUT2D eigenvalue weighted by Gasteiger charge is 2.28. The third-order valence-electron chi connectivity index (χ3n) is 3.53. The van der Waals surface area contributed by atoms with Gasteiger partial charge in [-0.05, 0) is 31.4 Å². The lowest BCUT2D eigenvalue weighted by Gasteiger charge is -2.23. The largest absolute Gasteiger partial charge is 0.497 e. The predicted octanol–water partition coefficient (Wildman–Crippen LogP) is 1.95. The first-order chi connectivity index (χ1) is 10.2. The van der Waals surface area contributed by atoms with Crippen LogP contribution >= 0.6 is 0 Å². The second kappa shape index (κ2) is 7.11. The molecule has 1 amide bonds. The highest BCUT2D eigenvalue weighted by molar-refractivity contribution is 7.89. The molecule has 2 N–H and O–H groups in total. The molecule has 0 radical (unpaired) electrons. The molecule has 0 unspecified atom stereocenters. The van der Waals surface area contributed by atoms with Crippen molar-refractivity contribution < 1.29 is 17.9 Å². The highest BCUT2D eigenvalue weighted by atomic mass is 32.2. The second-order valence-corrected chi connectivity index (χ2v) is 6.80. The van der Waals surface area contributed by atoms with Gasteiger partial charge in [-0.3, -0.25) is 4.79 Å². The number of rotatable bonds is 6. The number of ether oxygens (including phenoxy) is 1. The van der Waals surface area contributed by atoms with E-state index in [4.69, 9.17) is 9.88 Å². The van der Waals surface area contributed by atoms with Crippen LogP contribution in [-0.4, -0.2) is 39.4 Å². The molecule has 1 aromatic rings. The van der Waals surface area contributed by atoms with Crippen molar-refractivity contribution in [2.24, 2.45) is 5.14 Å². The van der Waals surface area contributed by atoms with Crippen molar-refractivity contribution >= 4 is 15.9 Å². The van der Waals surface area contributed by atoms with E-state index < -0.39 is 10.0 Å². The van der Waals surface area contributed by atoms with Crippen molar-refractivity contribution in [3.05, 3.63) is 23.3 Å². The molecule has 6 nitrogen and oxygen atoms in total. The van der Waals surface area contributed by atoms with Crippen LogP contribution in [0, 0.1) is 0 Å². The minimum Gasteiger partial charge on any atom is -0.497 e. The van der Waals surface area contributed by atoms with Crippen LogP contribution in [0.2, 0.25) is 0 Å². The average molecular weight is 330 g/mol. The molecular formula is C15H24N2O4S. The Balaban J connectivity index is 3.75. The zero-order valence-corrected chi connectivity index (χ0v) is 14.5. The van der Waals surface area contributed by atoms with Crippen molar-refractivity contribution in [1.29, 1.82) is 0 Å². The van der Waals surface area contributed by atoms with Gasteiger partial charge in [0.15, 0.2) is 0 Å². The van der Waals surface area contributed by atoms with Gasteiger partial charge in [0.25, 0.3) is 5.91 Å². The molecule has 0 aromatic heterocycles. The summed E-state index contributed by atoms with van der Waals surface area (Å²) in [4.78, 5) is 14.1. The topological polar surface area (TPSA) is 89.7 Å². The lowest BCUT2D eigenvalue weighted by molar-refractivity contribution is 0.0767. The number of hydrogen-bond donors (Lipinski definition) is 1. The summed E-state index contributed by atoms with van der Waals surface area (Å²) < 4.78 is 29.0. The Morgan fingerprint density at radius 2 is 1.82 bits per heavy atom. The van der Waals surface area contributed by atoms with Crippen molar-refractivity contribution in [3.8, 4) is 5.75 Å².